The molecule has 2 N–H and O–H groups in total. The lowest BCUT2D eigenvalue weighted by atomic mass is 10.3. The van der Waals surface area contributed by atoms with E-state index in [0.29, 0.717) is 0 Å². The highest BCUT2D eigenvalue weighted by molar-refractivity contribution is 5.97. The Bertz CT molecular complexity index is 407. The van der Waals surface area contributed by atoms with Crippen molar-refractivity contribution in [2.24, 2.45) is 0 Å². The maximum atomic E-state index is 11.0. The van der Waals surface area contributed by atoms with E-state index < -0.39 is 61.5 Å². The molecule has 0 saturated carbocycles. The average molecular weight is 290 g/mol. The summed E-state index contributed by atoms with van der Waals surface area (Å²) in [5.74, 6) is -7.89. The molecule has 10 nitrogen and oxygen atoms in total. The molecule has 0 heterocycles. The normalized spacial score (nSPS) is 9.40. The summed E-state index contributed by atoms with van der Waals surface area (Å²) in [5.41, 5.74) is 0. The van der Waals surface area contributed by atoms with E-state index in [4.69, 9.17) is 10.2 Å². The highest BCUT2D eigenvalue weighted by Crippen LogP contribution is 1.99. The van der Waals surface area contributed by atoms with Crippen LogP contribution in [0.15, 0.2) is 0 Å². The summed E-state index contributed by atoms with van der Waals surface area (Å²) in [6.45, 7) is 0. The van der Waals surface area contributed by atoms with Crippen molar-refractivity contribution in [1.29, 1.82) is 0 Å². The molecule has 0 amide bonds. The Morgan fingerprint density at radius 1 is 0.600 bits per heavy atom. The fraction of sp³-hybridized carbons (Fsp3) is 0.400. The van der Waals surface area contributed by atoms with Gasteiger partial charge >= 0.3 is 35.8 Å². The third-order valence-corrected chi connectivity index (χ3v) is 1.58. The number of carboxylic acid groups (broad SMARTS) is 2. The number of ether oxygens (including phenoxy) is 2. The topological polar surface area (TPSA) is 161 Å². The highest BCUT2D eigenvalue weighted by Gasteiger charge is 2.18. The van der Waals surface area contributed by atoms with Gasteiger partial charge in [-0.1, -0.05) is 0 Å². The zero-order valence-electron chi connectivity index (χ0n) is 9.99. The second-order valence-corrected chi connectivity index (χ2v) is 3.33. The van der Waals surface area contributed by atoms with Gasteiger partial charge in [0.25, 0.3) is 0 Å². The van der Waals surface area contributed by atoms with Gasteiger partial charge in [0, 0.05) is 0 Å². The van der Waals surface area contributed by atoms with Gasteiger partial charge in [-0.05, 0) is 0 Å². The van der Waals surface area contributed by atoms with Gasteiger partial charge < -0.3 is 19.7 Å². The minimum atomic E-state index is -1.48. The first-order valence-corrected chi connectivity index (χ1v) is 5.11. The molecule has 10 heteroatoms. The van der Waals surface area contributed by atoms with Crippen molar-refractivity contribution in [3.05, 3.63) is 0 Å². The molecule has 0 fully saturated rings. The van der Waals surface area contributed by atoms with Gasteiger partial charge in [0.05, 0.1) is 12.8 Å². The van der Waals surface area contributed by atoms with Crippen LogP contribution in [0.25, 0.3) is 0 Å². The Hall–Kier alpha value is -2.78. The SMILES string of the molecule is O=C(O)CC(=O)OC(=O)CCC(=O)OC(=O)CC(=O)O. The molecule has 20 heavy (non-hydrogen) atoms. The minimum absolute atomic E-state index is 0.620. The Balaban J connectivity index is 3.97. The quantitative estimate of drug-likeness (QED) is 0.432. The van der Waals surface area contributed by atoms with Crippen molar-refractivity contribution < 1.29 is 48.5 Å². The summed E-state index contributed by atoms with van der Waals surface area (Å²) >= 11 is 0. The molecule has 110 valence electrons. The largest absolute Gasteiger partial charge is 0.481 e. The van der Waals surface area contributed by atoms with Crippen molar-refractivity contribution in [1.82, 2.24) is 0 Å². The molecule has 0 aliphatic heterocycles. The maximum absolute atomic E-state index is 11.0. The molecule has 0 aromatic carbocycles. The van der Waals surface area contributed by atoms with Gasteiger partial charge in [0.2, 0.25) is 0 Å². The van der Waals surface area contributed by atoms with Gasteiger partial charge in [-0.2, -0.15) is 0 Å². The Morgan fingerprint density at radius 2 is 0.900 bits per heavy atom. The summed E-state index contributed by atoms with van der Waals surface area (Å²) in [5, 5.41) is 16.4. The molecule has 0 radical (unpaired) electrons. The molecular weight excluding hydrogens is 280 g/mol. The highest BCUT2D eigenvalue weighted by atomic mass is 16.6. The Morgan fingerprint density at radius 3 is 1.15 bits per heavy atom. The van der Waals surface area contributed by atoms with Crippen molar-refractivity contribution in [3.8, 4) is 0 Å². The molecule has 0 aliphatic carbocycles. The Kier molecular flexibility index (Phi) is 7.18. The van der Waals surface area contributed by atoms with Gasteiger partial charge in [-0.25, -0.2) is 0 Å². The number of hydrogen-bond acceptors (Lipinski definition) is 8. The zero-order chi connectivity index (χ0) is 15.7. The standard InChI is InChI=1S/C10H10O10/c11-5(12)3-9(17)19-7(15)1-2-8(16)20-10(18)4-6(13)14/h1-4H2,(H,11,12)(H,13,14). The number of carbonyl (C=O) groups excluding carboxylic acids is 4. The summed E-state index contributed by atoms with van der Waals surface area (Å²) in [6.07, 6.45) is -3.25. The summed E-state index contributed by atoms with van der Waals surface area (Å²) in [7, 11) is 0. The van der Waals surface area contributed by atoms with Gasteiger partial charge in [0.1, 0.15) is 12.8 Å². The molecule has 0 aromatic heterocycles. The number of rotatable bonds is 7. The van der Waals surface area contributed by atoms with Crippen molar-refractivity contribution in [2.45, 2.75) is 25.7 Å². The molecule has 0 aromatic rings. The van der Waals surface area contributed by atoms with Gasteiger partial charge in [0.15, 0.2) is 0 Å². The number of hydrogen-bond donors (Lipinski definition) is 2. The van der Waals surface area contributed by atoms with Crippen LogP contribution in [0, 0.1) is 0 Å². The van der Waals surface area contributed by atoms with E-state index in [1.54, 1.807) is 0 Å². The molecular formula is C10H10O10. The number of esters is 4. The van der Waals surface area contributed by atoms with Crippen LogP contribution in [0.1, 0.15) is 25.7 Å². The van der Waals surface area contributed by atoms with Gasteiger partial charge in [-0.3, -0.25) is 28.8 Å². The fourth-order valence-corrected chi connectivity index (χ4v) is 0.879. The Labute approximate surface area is 111 Å². The molecule has 0 bridgehead atoms. The molecule has 0 unspecified atom stereocenters. The maximum Gasteiger partial charge on any atom is 0.324 e. The van der Waals surface area contributed by atoms with E-state index in [9.17, 15) is 28.8 Å². The van der Waals surface area contributed by atoms with E-state index in [2.05, 4.69) is 9.47 Å². The third kappa shape index (κ3) is 9.27. The van der Waals surface area contributed by atoms with E-state index in [0.717, 1.165) is 0 Å². The van der Waals surface area contributed by atoms with Crippen LogP contribution < -0.4 is 0 Å². The monoisotopic (exact) mass is 290 g/mol. The fourth-order valence-electron chi connectivity index (χ4n) is 0.879. The number of carboxylic acids is 2. The molecule has 0 aliphatic rings. The average Bonchev–Trinajstić information content (AvgIpc) is 2.23. The van der Waals surface area contributed by atoms with Crippen LogP contribution >= 0.6 is 0 Å². The molecule has 0 rings (SSSR count). The van der Waals surface area contributed by atoms with Gasteiger partial charge in [-0.15, -0.1) is 0 Å². The first-order chi connectivity index (χ1) is 9.20. The number of aliphatic carboxylic acids is 2. The predicted octanol–water partition coefficient (Wildman–Crippen LogP) is -1.14. The van der Waals surface area contributed by atoms with Crippen LogP contribution in [-0.4, -0.2) is 46.0 Å². The molecule has 0 atom stereocenters. The van der Waals surface area contributed by atoms with E-state index in [1.165, 1.54) is 0 Å². The van der Waals surface area contributed by atoms with Crippen molar-refractivity contribution in [3.63, 3.8) is 0 Å². The first-order valence-electron chi connectivity index (χ1n) is 5.11. The third-order valence-electron chi connectivity index (χ3n) is 1.58. The smallest absolute Gasteiger partial charge is 0.324 e. The predicted molar refractivity (Wildman–Crippen MR) is 55.9 cm³/mol. The van der Waals surface area contributed by atoms with Crippen molar-refractivity contribution in [2.75, 3.05) is 0 Å². The second-order valence-electron chi connectivity index (χ2n) is 3.33. The van der Waals surface area contributed by atoms with Crippen LogP contribution in [0.2, 0.25) is 0 Å². The second kappa shape index (κ2) is 8.34. The molecule has 0 spiro atoms. The lowest BCUT2D eigenvalue weighted by Gasteiger charge is -2.02. The van der Waals surface area contributed by atoms with Crippen LogP contribution in [-0.2, 0) is 38.2 Å². The summed E-state index contributed by atoms with van der Waals surface area (Å²) < 4.78 is 8.07. The van der Waals surface area contributed by atoms with E-state index >= 15 is 0 Å². The van der Waals surface area contributed by atoms with Crippen LogP contribution in [0.5, 0.6) is 0 Å². The van der Waals surface area contributed by atoms with E-state index in [1.807, 2.05) is 0 Å². The lowest BCUT2D eigenvalue weighted by molar-refractivity contribution is -0.167. The van der Waals surface area contributed by atoms with E-state index in [-0.39, 0.29) is 0 Å². The lowest BCUT2D eigenvalue weighted by Crippen LogP contribution is -2.19. The molecule has 0 saturated heterocycles. The van der Waals surface area contributed by atoms with Crippen LogP contribution in [0.4, 0.5) is 0 Å². The van der Waals surface area contributed by atoms with Crippen LogP contribution in [0.3, 0.4) is 0 Å². The minimum Gasteiger partial charge on any atom is -0.481 e. The number of carbonyl (C=O) groups is 6. The van der Waals surface area contributed by atoms with Crippen molar-refractivity contribution >= 4 is 35.8 Å². The zero-order valence-corrected chi connectivity index (χ0v) is 9.99. The first kappa shape index (κ1) is 17.2. The summed E-state index contributed by atoms with van der Waals surface area (Å²) in [6, 6.07) is 0. The summed E-state index contributed by atoms with van der Waals surface area (Å²) in [4.78, 5) is 63.6.